The topological polar surface area (TPSA) is 75.4 Å². The van der Waals surface area contributed by atoms with E-state index in [2.05, 4.69) is 5.10 Å². The summed E-state index contributed by atoms with van der Waals surface area (Å²) in [6.07, 6.45) is 5.36. The number of hydrogen-bond acceptors (Lipinski definition) is 3. The second-order valence-corrected chi connectivity index (χ2v) is 6.72. The quantitative estimate of drug-likeness (QED) is 0.803. The second-order valence-electron chi connectivity index (χ2n) is 6.72. The molecule has 144 valence electrons. The molecule has 0 unspecified atom stereocenters. The van der Waals surface area contributed by atoms with Crippen LogP contribution in [0.25, 0.3) is 0 Å². The van der Waals surface area contributed by atoms with Gasteiger partial charge >= 0.3 is 5.97 Å². The van der Waals surface area contributed by atoms with Gasteiger partial charge in [0.1, 0.15) is 5.69 Å². The summed E-state index contributed by atoms with van der Waals surface area (Å²) in [6, 6.07) is 5.16. The van der Waals surface area contributed by atoms with E-state index in [-0.39, 0.29) is 31.5 Å². The van der Waals surface area contributed by atoms with Crippen molar-refractivity contribution >= 4 is 11.9 Å². The second kappa shape index (κ2) is 8.28. The first-order valence-corrected chi connectivity index (χ1v) is 8.94. The van der Waals surface area contributed by atoms with Gasteiger partial charge in [-0.05, 0) is 36.6 Å². The molecule has 1 N–H and O–H groups in total. The van der Waals surface area contributed by atoms with Crippen molar-refractivity contribution < 1.29 is 23.5 Å². The number of aromatic nitrogens is 2. The molecule has 1 aromatic carbocycles. The number of carboxylic acids is 1. The van der Waals surface area contributed by atoms with Gasteiger partial charge in [0.15, 0.2) is 11.6 Å². The van der Waals surface area contributed by atoms with Gasteiger partial charge in [-0.25, -0.2) is 8.78 Å². The monoisotopic (exact) mass is 377 g/mol. The SMILES string of the molecule is O=C(O)CCN(Cc1ccc(F)c(F)c1)C(=O)c1ccnn1C1CCCC1. The first kappa shape index (κ1) is 19.0. The molecule has 6 nitrogen and oxygen atoms in total. The summed E-state index contributed by atoms with van der Waals surface area (Å²) in [7, 11) is 0. The fraction of sp³-hybridized carbons (Fsp3) is 0.421. The Morgan fingerprint density at radius 3 is 2.59 bits per heavy atom. The third kappa shape index (κ3) is 4.50. The molecule has 0 spiro atoms. The number of benzene rings is 1. The van der Waals surface area contributed by atoms with Gasteiger partial charge in [-0.2, -0.15) is 5.10 Å². The Hall–Kier alpha value is -2.77. The fourth-order valence-corrected chi connectivity index (χ4v) is 3.43. The third-order valence-electron chi connectivity index (χ3n) is 4.80. The highest BCUT2D eigenvalue weighted by Gasteiger charge is 2.26. The largest absolute Gasteiger partial charge is 0.481 e. The lowest BCUT2D eigenvalue weighted by Crippen LogP contribution is -2.34. The molecule has 1 amide bonds. The minimum Gasteiger partial charge on any atom is -0.481 e. The lowest BCUT2D eigenvalue weighted by atomic mass is 10.1. The molecule has 27 heavy (non-hydrogen) atoms. The molecule has 1 heterocycles. The summed E-state index contributed by atoms with van der Waals surface area (Å²) in [4.78, 5) is 25.4. The number of nitrogens with zero attached hydrogens (tertiary/aromatic N) is 3. The van der Waals surface area contributed by atoms with Gasteiger partial charge in [0.05, 0.1) is 12.5 Å². The predicted octanol–water partition coefficient (Wildman–Crippen LogP) is 3.39. The van der Waals surface area contributed by atoms with Crippen molar-refractivity contribution in [2.24, 2.45) is 0 Å². The zero-order valence-corrected chi connectivity index (χ0v) is 14.8. The zero-order valence-electron chi connectivity index (χ0n) is 14.8. The van der Waals surface area contributed by atoms with Crippen LogP contribution in [0, 0.1) is 11.6 Å². The van der Waals surface area contributed by atoms with Crippen LogP contribution in [0.3, 0.4) is 0 Å². The van der Waals surface area contributed by atoms with Crippen molar-refractivity contribution in [2.75, 3.05) is 6.54 Å². The smallest absolute Gasteiger partial charge is 0.305 e. The van der Waals surface area contributed by atoms with Gasteiger partial charge in [-0.15, -0.1) is 0 Å². The standard InChI is InChI=1S/C19H21F2N3O3/c20-15-6-5-13(11-16(15)21)12-23(10-8-18(25)26)19(27)17-7-9-22-24(17)14-3-1-2-4-14/h5-7,9,11,14H,1-4,8,10,12H2,(H,25,26). The van der Waals surface area contributed by atoms with Crippen LogP contribution < -0.4 is 0 Å². The van der Waals surface area contributed by atoms with E-state index >= 15 is 0 Å². The maximum absolute atomic E-state index is 13.5. The Kier molecular flexibility index (Phi) is 5.83. The molecule has 1 fully saturated rings. The molecular weight excluding hydrogens is 356 g/mol. The Bertz CT molecular complexity index is 831. The van der Waals surface area contributed by atoms with Gasteiger partial charge in [-0.3, -0.25) is 14.3 Å². The van der Waals surface area contributed by atoms with Crippen LogP contribution in [0.2, 0.25) is 0 Å². The molecule has 1 aliphatic rings. The molecule has 1 aromatic heterocycles. The van der Waals surface area contributed by atoms with Gasteiger partial charge in [0.2, 0.25) is 0 Å². The Morgan fingerprint density at radius 2 is 1.93 bits per heavy atom. The number of halogens is 2. The maximum Gasteiger partial charge on any atom is 0.305 e. The molecule has 0 radical (unpaired) electrons. The summed E-state index contributed by atoms with van der Waals surface area (Å²) in [6.45, 7) is -0.0534. The van der Waals surface area contributed by atoms with E-state index in [0.29, 0.717) is 11.3 Å². The molecule has 0 saturated heterocycles. The molecule has 1 saturated carbocycles. The van der Waals surface area contributed by atoms with Crippen molar-refractivity contribution in [3.8, 4) is 0 Å². The van der Waals surface area contributed by atoms with Crippen molar-refractivity contribution in [1.82, 2.24) is 14.7 Å². The minimum atomic E-state index is -1.04. The zero-order chi connectivity index (χ0) is 19.4. The predicted molar refractivity (Wildman–Crippen MR) is 93.1 cm³/mol. The van der Waals surface area contributed by atoms with Gasteiger partial charge in [-0.1, -0.05) is 18.9 Å². The van der Waals surface area contributed by atoms with Gasteiger partial charge in [0.25, 0.3) is 5.91 Å². The Labute approximate surface area is 155 Å². The molecule has 2 aromatic rings. The van der Waals surface area contributed by atoms with Crippen LogP contribution >= 0.6 is 0 Å². The molecule has 3 rings (SSSR count). The average Bonchev–Trinajstić information content (AvgIpc) is 3.31. The first-order chi connectivity index (χ1) is 13.0. The summed E-state index contributed by atoms with van der Waals surface area (Å²) < 4.78 is 28.4. The van der Waals surface area contributed by atoms with Crippen LogP contribution in [-0.4, -0.2) is 38.2 Å². The molecule has 1 aliphatic carbocycles. The third-order valence-corrected chi connectivity index (χ3v) is 4.80. The van der Waals surface area contributed by atoms with E-state index in [1.54, 1.807) is 16.9 Å². The highest BCUT2D eigenvalue weighted by molar-refractivity contribution is 5.92. The van der Waals surface area contributed by atoms with Crippen LogP contribution in [0.5, 0.6) is 0 Å². The number of amides is 1. The molecule has 8 heteroatoms. The number of aliphatic carboxylic acids is 1. The summed E-state index contributed by atoms with van der Waals surface area (Å²) in [5.41, 5.74) is 0.773. The average molecular weight is 377 g/mol. The number of carboxylic acid groups (broad SMARTS) is 1. The summed E-state index contributed by atoms with van der Waals surface area (Å²) >= 11 is 0. The van der Waals surface area contributed by atoms with E-state index in [0.717, 1.165) is 37.8 Å². The van der Waals surface area contributed by atoms with Crippen LogP contribution in [-0.2, 0) is 11.3 Å². The van der Waals surface area contributed by atoms with Gasteiger partial charge in [0, 0.05) is 19.3 Å². The fourth-order valence-electron chi connectivity index (χ4n) is 3.43. The molecule has 0 aliphatic heterocycles. The lowest BCUT2D eigenvalue weighted by Gasteiger charge is -2.24. The Balaban J connectivity index is 1.83. The number of rotatable bonds is 7. The molecule has 0 bridgehead atoms. The van der Waals surface area contributed by atoms with E-state index < -0.39 is 17.6 Å². The van der Waals surface area contributed by atoms with Crippen LogP contribution in [0.1, 0.15) is 54.2 Å². The minimum absolute atomic E-state index is 0.0147. The Morgan fingerprint density at radius 1 is 1.19 bits per heavy atom. The summed E-state index contributed by atoms with van der Waals surface area (Å²) in [5, 5.41) is 13.3. The first-order valence-electron chi connectivity index (χ1n) is 8.94. The maximum atomic E-state index is 13.5. The number of hydrogen-bond donors (Lipinski definition) is 1. The van der Waals surface area contributed by atoms with E-state index in [4.69, 9.17) is 5.11 Å². The summed E-state index contributed by atoms with van der Waals surface area (Å²) in [5.74, 6) is -3.39. The number of carbonyl (C=O) groups excluding carboxylic acids is 1. The number of carbonyl (C=O) groups is 2. The van der Waals surface area contributed by atoms with Crippen LogP contribution in [0.4, 0.5) is 8.78 Å². The van der Waals surface area contributed by atoms with Crippen molar-refractivity contribution in [1.29, 1.82) is 0 Å². The van der Waals surface area contributed by atoms with Crippen molar-refractivity contribution in [3.63, 3.8) is 0 Å². The lowest BCUT2D eigenvalue weighted by molar-refractivity contribution is -0.137. The molecule has 0 atom stereocenters. The van der Waals surface area contributed by atoms with E-state index in [1.165, 1.54) is 11.0 Å². The van der Waals surface area contributed by atoms with E-state index in [9.17, 15) is 18.4 Å². The van der Waals surface area contributed by atoms with Crippen molar-refractivity contribution in [2.45, 2.75) is 44.7 Å². The van der Waals surface area contributed by atoms with Crippen molar-refractivity contribution in [3.05, 3.63) is 53.4 Å². The highest BCUT2D eigenvalue weighted by Crippen LogP contribution is 2.30. The van der Waals surface area contributed by atoms with Gasteiger partial charge < -0.3 is 10.0 Å². The van der Waals surface area contributed by atoms with Crippen LogP contribution in [0.15, 0.2) is 30.5 Å². The highest BCUT2D eigenvalue weighted by atomic mass is 19.2. The normalized spacial score (nSPS) is 14.4. The molecular formula is C19H21F2N3O3. The van der Waals surface area contributed by atoms with E-state index in [1.807, 2.05) is 0 Å².